The van der Waals surface area contributed by atoms with Gasteiger partial charge in [0.25, 0.3) is 5.91 Å². The molecule has 32 heavy (non-hydrogen) atoms. The first-order valence-electron chi connectivity index (χ1n) is 10.4. The molecule has 1 amide bonds. The second-order valence-corrected chi connectivity index (χ2v) is 7.47. The van der Waals surface area contributed by atoms with Crippen LogP contribution in [0.15, 0.2) is 72.0 Å². The summed E-state index contributed by atoms with van der Waals surface area (Å²) in [6.45, 7) is 1.99. The zero-order valence-electron chi connectivity index (χ0n) is 17.9. The third kappa shape index (κ3) is 4.14. The van der Waals surface area contributed by atoms with E-state index in [0.717, 1.165) is 16.5 Å². The lowest BCUT2D eigenvalue weighted by Crippen LogP contribution is -2.42. The topological polar surface area (TPSA) is 89.0 Å². The van der Waals surface area contributed by atoms with E-state index in [1.54, 1.807) is 18.9 Å². The number of esters is 1. The van der Waals surface area contributed by atoms with Gasteiger partial charge in [0, 0.05) is 18.4 Å². The standard InChI is InChI=1S/C25H24N2O5/c1-3-32-25(30)23-22(28)14-21(20-13-10-17-6-4-5-7-19(17)26-20)27(24(23)29)15-16-8-11-18(31-2)12-9-16/h4-13,21,28H,3,14-15H2,1-2H3. The highest BCUT2D eigenvalue weighted by Crippen LogP contribution is 2.35. The molecule has 0 radical (unpaired) electrons. The Morgan fingerprint density at radius 3 is 2.59 bits per heavy atom. The van der Waals surface area contributed by atoms with E-state index in [1.807, 2.05) is 60.7 Å². The molecule has 1 atom stereocenters. The van der Waals surface area contributed by atoms with Crippen molar-refractivity contribution < 1.29 is 24.2 Å². The van der Waals surface area contributed by atoms with Crippen molar-refractivity contribution in [1.29, 1.82) is 0 Å². The average Bonchev–Trinajstić information content (AvgIpc) is 2.81. The Morgan fingerprint density at radius 1 is 1.12 bits per heavy atom. The number of pyridine rings is 1. The lowest BCUT2D eigenvalue weighted by atomic mass is 9.95. The zero-order chi connectivity index (χ0) is 22.7. The molecule has 2 heterocycles. The number of ether oxygens (including phenoxy) is 2. The van der Waals surface area contributed by atoms with Crippen molar-refractivity contribution in [3.8, 4) is 5.75 Å². The van der Waals surface area contributed by atoms with Crippen LogP contribution in [-0.2, 0) is 20.9 Å². The average molecular weight is 432 g/mol. The molecule has 0 bridgehead atoms. The number of para-hydroxylation sites is 1. The molecule has 1 unspecified atom stereocenters. The molecule has 1 aliphatic rings. The summed E-state index contributed by atoms with van der Waals surface area (Å²) in [5.74, 6) is -0.974. The summed E-state index contributed by atoms with van der Waals surface area (Å²) < 4.78 is 10.2. The van der Waals surface area contributed by atoms with Crippen LogP contribution in [-0.4, -0.2) is 40.6 Å². The Balaban J connectivity index is 1.75. The summed E-state index contributed by atoms with van der Waals surface area (Å²) >= 11 is 0. The highest BCUT2D eigenvalue weighted by atomic mass is 16.5. The van der Waals surface area contributed by atoms with Crippen LogP contribution in [0.1, 0.15) is 30.6 Å². The van der Waals surface area contributed by atoms with Gasteiger partial charge >= 0.3 is 5.97 Å². The first-order valence-corrected chi connectivity index (χ1v) is 10.4. The Morgan fingerprint density at radius 2 is 1.88 bits per heavy atom. The fourth-order valence-electron chi connectivity index (χ4n) is 3.85. The number of fused-ring (bicyclic) bond motifs is 1. The maximum atomic E-state index is 13.4. The number of carbonyl (C=O) groups is 2. The maximum Gasteiger partial charge on any atom is 0.347 e. The predicted molar refractivity (Wildman–Crippen MR) is 119 cm³/mol. The second-order valence-electron chi connectivity index (χ2n) is 7.47. The van der Waals surface area contributed by atoms with E-state index in [2.05, 4.69) is 0 Å². The number of carbonyl (C=O) groups excluding carboxylic acids is 2. The molecule has 0 saturated carbocycles. The molecule has 3 aromatic rings. The van der Waals surface area contributed by atoms with Crippen molar-refractivity contribution in [2.75, 3.05) is 13.7 Å². The fraction of sp³-hybridized carbons (Fsp3) is 0.240. The van der Waals surface area contributed by atoms with E-state index < -0.39 is 17.9 Å². The van der Waals surface area contributed by atoms with Crippen molar-refractivity contribution >= 4 is 22.8 Å². The molecule has 7 nitrogen and oxygen atoms in total. The Kier molecular flexibility index (Phi) is 6.07. The molecule has 0 spiro atoms. The van der Waals surface area contributed by atoms with Crippen LogP contribution < -0.4 is 4.74 Å². The van der Waals surface area contributed by atoms with Crippen molar-refractivity contribution in [2.24, 2.45) is 0 Å². The highest BCUT2D eigenvalue weighted by molar-refractivity contribution is 6.17. The molecular weight excluding hydrogens is 408 g/mol. The van der Waals surface area contributed by atoms with Crippen LogP contribution in [0, 0.1) is 0 Å². The van der Waals surface area contributed by atoms with Gasteiger partial charge in [-0.05, 0) is 36.8 Å². The van der Waals surface area contributed by atoms with Gasteiger partial charge in [0.1, 0.15) is 11.5 Å². The SMILES string of the molecule is CCOC(=O)C1=C(O)CC(c2ccc3ccccc3n2)N(Cc2ccc(OC)cc2)C1=O. The summed E-state index contributed by atoms with van der Waals surface area (Å²) in [5, 5.41) is 11.6. The number of aliphatic hydroxyl groups is 1. The number of amides is 1. The van der Waals surface area contributed by atoms with Crippen LogP contribution in [0.5, 0.6) is 5.75 Å². The van der Waals surface area contributed by atoms with Gasteiger partial charge in [-0.25, -0.2) is 4.79 Å². The monoisotopic (exact) mass is 432 g/mol. The number of aromatic nitrogens is 1. The minimum Gasteiger partial charge on any atom is -0.511 e. The fourth-order valence-corrected chi connectivity index (χ4v) is 3.85. The summed E-state index contributed by atoms with van der Waals surface area (Å²) in [4.78, 5) is 32.1. The van der Waals surface area contributed by atoms with Crippen molar-refractivity contribution in [3.63, 3.8) is 0 Å². The molecule has 0 aliphatic carbocycles. The molecule has 0 saturated heterocycles. The van der Waals surface area contributed by atoms with Gasteiger partial charge in [0.05, 0.1) is 31.0 Å². The van der Waals surface area contributed by atoms with Crippen LogP contribution in [0.3, 0.4) is 0 Å². The molecule has 164 valence electrons. The van der Waals surface area contributed by atoms with Gasteiger partial charge in [-0.2, -0.15) is 0 Å². The number of methoxy groups -OCH3 is 1. The van der Waals surface area contributed by atoms with Gasteiger partial charge in [-0.3, -0.25) is 9.78 Å². The van der Waals surface area contributed by atoms with E-state index in [9.17, 15) is 14.7 Å². The third-order valence-corrected chi connectivity index (χ3v) is 5.48. The zero-order valence-corrected chi connectivity index (χ0v) is 17.9. The molecule has 2 aromatic carbocycles. The quantitative estimate of drug-likeness (QED) is 0.466. The van der Waals surface area contributed by atoms with E-state index in [1.165, 1.54) is 0 Å². The molecular formula is C25H24N2O5. The van der Waals surface area contributed by atoms with Gasteiger partial charge in [-0.1, -0.05) is 36.4 Å². The number of aliphatic hydroxyl groups excluding tert-OH is 1. The lowest BCUT2D eigenvalue weighted by Gasteiger charge is -2.35. The number of rotatable bonds is 6. The van der Waals surface area contributed by atoms with Crippen molar-refractivity contribution in [1.82, 2.24) is 9.88 Å². The molecule has 0 fully saturated rings. The minimum atomic E-state index is -0.820. The van der Waals surface area contributed by atoms with E-state index in [0.29, 0.717) is 11.4 Å². The largest absolute Gasteiger partial charge is 0.511 e. The second kappa shape index (κ2) is 9.09. The Labute approximate surface area is 185 Å². The molecule has 4 rings (SSSR count). The van der Waals surface area contributed by atoms with Gasteiger partial charge in [0.15, 0.2) is 5.57 Å². The summed E-state index contributed by atoms with van der Waals surface area (Å²) in [6, 6.07) is 18.3. The Bertz CT molecular complexity index is 1190. The number of hydrogen-bond acceptors (Lipinski definition) is 6. The molecule has 1 aliphatic heterocycles. The van der Waals surface area contributed by atoms with Crippen LogP contribution >= 0.6 is 0 Å². The van der Waals surface area contributed by atoms with Gasteiger partial charge < -0.3 is 19.5 Å². The summed E-state index contributed by atoms with van der Waals surface area (Å²) in [5.41, 5.74) is 1.97. The number of hydrogen-bond donors (Lipinski definition) is 1. The van der Waals surface area contributed by atoms with Crippen LogP contribution in [0.4, 0.5) is 0 Å². The minimum absolute atomic E-state index is 0.0708. The van der Waals surface area contributed by atoms with E-state index in [-0.39, 0.29) is 30.9 Å². The Hall–Kier alpha value is -3.87. The van der Waals surface area contributed by atoms with Gasteiger partial charge in [0.2, 0.25) is 0 Å². The lowest BCUT2D eigenvalue weighted by molar-refractivity contribution is -0.144. The predicted octanol–water partition coefficient (Wildman–Crippen LogP) is 4.09. The first-order chi connectivity index (χ1) is 15.5. The van der Waals surface area contributed by atoms with Gasteiger partial charge in [-0.15, -0.1) is 0 Å². The smallest absolute Gasteiger partial charge is 0.347 e. The van der Waals surface area contributed by atoms with Crippen molar-refractivity contribution in [2.45, 2.75) is 25.9 Å². The van der Waals surface area contributed by atoms with Crippen LogP contribution in [0.2, 0.25) is 0 Å². The number of nitrogens with zero attached hydrogens (tertiary/aromatic N) is 2. The first kappa shape index (κ1) is 21.4. The highest BCUT2D eigenvalue weighted by Gasteiger charge is 2.40. The molecule has 7 heteroatoms. The van der Waals surface area contributed by atoms with Crippen LogP contribution in [0.25, 0.3) is 10.9 Å². The summed E-state index contributed by atoms with van der Waals surface area (Å²) in [7, 11) is 1.59. The number of benzene rings is 2. The summed E-state index contributed by atoms with van der Waals surface area (Å²) in [6.07, 6.45) is 0.0708. The normalized spacial score (nSPS) is 16.4. The van der Waals surface area contributed by atoms with Crippen molar-refractivity contribution in [3.05, 3.63) is 83.3 Å². The molecule has 1 N–H and O–H groups in total. The van der Waals surface area contributed by atoms with E-state index >= 15 is 0 Å². The maximum absolute atomic E-state index is 13.4. The van der Waals surface area contributed by atoms with E-state index in [4.69, 9.17) is 14.5 Å². The molecule has 1 aromatic heterocycles. The third-order valence-electron chi connectivity index (χ3n) is 5.48.